The Bertz CT molecular complexity index is 425. The molecule has 1 heterocycles. The van der Waals surface area contributed by atoms with Gasteiger partial charge in [-0.2, -0.15) is 0 Å². The summed E-state index contributed by atoms with van der Waals surface area (Å²) in [5.74, 6) is 6.24. The summed E-state index contributed by atoms with van der Waals surface area (Å²) in [4.78, 5) is 15.5. The van der Waals surface area contributed by atoms with E-state index in [2.05, 4.69) is 32.8 Å². The molecule has 4 heteroatoms. The Morgan fingerprint density at radius 3 is 3.00 bits per heavy atom. The Labute approximate surface area is 84.9 Å². The lowest BCUT2D eigenvalue weighted by molar-refractivity contribution is 0.721. The van der Waals surface area contributed by atoms with Crippen LogP contribution < -0.4 is 5.56 Å². The summed E-state index contributed by atoms with van der Waals surface area (Å²) in [5, 5.41) is 0. The molecule has 0 saturated carbocycles. The molecule has 0 aliphatic heterocycles. The van der Waals surface area contributed by atoms with E-state index < -0.39 is 0 Å². The van der Waals surface area contributed by atoms with Gasteiger partial charge in [0.25, 0.3) is 5.56 Å². The van der Waals surface area contributed by atoms with E-state index in [9.17, 15) is 4.79 Å². The minimum absolute atomic E-state index is 0.0877. The average Bonchev–Trinajstić information content (AvgIpc) is 2.12. The summed E-state index contributed by atoms with van der Waals surface area (Å²) >= 11 is 3.13. The van der Waals surface area contributed by atoms with Gasteiger partial charge in [-0.1, -0.05) is 5.92 Å². The van der Waals surface area contributed by atoms with Gasteiger partial charge < -0.3 is 0 Å². The topological polar surface area (TPSA) is 34.9 Å². The van der Waals surface area contributed by atoms with Crippen LogP contribution in [-0.2, 0) is 6.54 Å². The molecule has 13 heavy (non-hydrogen) atoms. The molecule has 0 unspecified atom stereocenters. The molecule has 3 nitrogen and oxygen atoms in total. The van der Waals surface area contributed by atoms with Crippen LogP contribution in [0.2, 0.25) is 0 Å². The number of aryl methyl sites for hydroxylation is 1. The second-order valence-corrected chi connectivity index (χ2v) is 3.33. The van der Waals surface area contributed by atoms with Gasteiger partial charge in [0, 0.05) is 6.20 Å². The monoisotopic (exact) mass is 240 g/mol. The Balaban J connectivity index is 3.23. The molecule has 0 radical (unpaired) electrons. The lowest BCUT2D eigenvalue weighted by atomic mass is 10.5. The van der Waals surface area contributed by atoms with Gasteiger partial charge in [-0.15, -0.1) is 5.92 Å². The summed E-state index contributed by atoms with van der Waals surface area (Å²) in [6.07, 6.45) is 1.51. The fourth-order valence-electron chi connectivity index (χ4n) is 0.895. The van der Waals surface area contributed by atoms with E-state index in [4.69, 9.17) is 0 Å². The maximum atomic E-state index is 11.5. The van der Waals surface area contributed by atoms with Crippen LogP contribution in [0.1, 0.15) is 12.7 Å². The van der Waals surface area contributed by atoms with Gasteiger partial charge in [0.1, 0.15) is 10.3 Å². The van der Waals surface area contributed by atoms with Crippen molar-refractivity contribution in [3.05, 3.63) is 26.8 Å². The number of nitrogens with zero attached hydrogens (tertiary/aromatic N) is 2. The van der Waals surface area contributed by atoms with Crippen molar-refractivity contribution in [1.29, 1.82) is 0 Å². The van der Waals surface area contributed by atoms with Crippen LogP contribution in [0.3, 0.4) is 0 Å². The van der Waals surface area contributed by atoms with Crippen LogP contribution >= 0.6 is 15.9 Å². The van der Waals surface area contributed by atoms with Gasteiger partial charge in [0.05, 0.1) is 6.54 Å². The molecular formula is C9H9BrN2O. The standard InChI is InChI=1S/C9H9BrN2O/c1-3-4-5-12-7(2)11-6-8(10)9(12)13/h6H,5H2,1-2H3. The first-order valence-electron chi connectivity index (χ1n) is 3.78. The van der Waals surface area contributed by atoms with E-state index >= 15 is 0 Å². The lowest BCUT2D eigenvalue weighted by Gasteiger charge is -2.04. The first kappa shape index (κ1) is 10.0. The Hall–Kier alpha value is -1.08. The zero-order valence-corrected chi connectivity index (χ0v) is 9.05. The summed E-state index contributed by atoms with van der Waals surface area (Å²) < 4.78 is 2.00. The Kier molecular flexibility index (Phi) is 3.26. The highest BCUT2D eigenvalue weighted by atomic mass is 79.9. The van der Waals surface area contributed by atoms with Crippen molar-refractivity contribution in [2.75, 3.05) is 0 Å². The predicted octanol–water partition coefficient (Wildman–Crippen LogP) is 1.34. The van der Waals surface area contributed by atoms with Gasteiger partial charge in [-0.25, -0.2) is 4.98 Å². The zero-order valence-electron chi connectivity index (χ0n) is 7.47. The van der Waals surface area contributed by atoms with Gasteiger partial charge in [-0.3, -0.25) is 9.36 Å². The number of aromatic nitrogens is 2. The Morgan fingerprint density at radius 1 is 1.69 bits per heavy atom. The second-order valence-electron chi connectivity index (χ2n) is 2.47. The maximum Gasteiger partial charge on any atom is 0.268 e. The van der Waals surface area contributed by atoms with E-state index in [0.717, 1.165) is 0 Å². The highest BCUT2D eigenvalue weighted by molar-refractivity contribution is 9.10. The van der Waals surface area contributed by atoms with Crippen molar-refractivity contribution in [2.45, 2.75) is 20.4 Å². The second kappa shape index (κ2) is 4.24. The van der Waals surface area contributed by atoms with Crippen LogP contribution in [0.15, 0.2) is 15.5 Å². The number of halogens is 1. The molecule has 0 aliphatic carbocycles. The van der Waals surface area contributed by atoms with Crippen molar-refractivity contribution in [2.24, 2.45) is 0 Å². The first-order valence-corrected chi connectivity index (χ1v) is 4.57. The van der Waals surface area contributed by atoms with E-state index in [1.807, 2.05) is 0 Å². The molecule has 68 valence electrons. The molecule has 0 amide bonds. The van der Waals surface area contributed by atoms with Crippen molar-refractivity contribution in [3.8, 4) is 11.8 Å². The number of rotatable bonds is 1. The number of hydrogen-bond donors (Lipinski definition) is 0. The average molecular weight is 241 g/mol. The van der Waals surface area contributed by atoms with Gasteiger partial charge in [0.15, 0.2) is 0 Å². The van der Waals surface area contributed by atoms with Crippen molar-refractivity contribution in [1.82, 2.24) is 9.55 Å². The molecule has 0 fully saturated rings. The molecule has 0 atom stereocenters. The maximum absolute atomic E-state index is 11.5. The third-order valence-electron chi connectivity index (χ3n) is 1.62. The van der Waals surface area contributed by atoms with Crippen molar-refractivity contribution >= 4 is 15.9 Å². The van der Waals surface area contributed by atoms with Crippen molar-refractivity contribution < 1.29 is 0 Å². The van der Waals surface area contributed by atoms with E-state index in [1.54, 1.807) is 13.8 Å². The third kappa shape index (κ3) is 2.19. The zero-order chi connectivity index (χ0) is 9.84. The molecule has 1 rings (SSSR count). The molecule has 1 aromatic rings. The summed E-state index contributed by atoms with van der Waals surface area (Å²) in [6.45, 7) is 3.92. The molecule has 0 aliphatic rings. The van der Waals surface area contributed by atoms with E-state index in [-0.39, 0.29) is 5.56 Å². The first-order chi connectivity index (χ1) is 6.16. The minimum Gasteiger partial charge on any atom is -0.284 e. The summed E-state index contributed by atoms with van der Waals surface area (Å²) in [7, 11) is 0. The number of hydrogen-bond acceptors (Lipinski definition) is 2. The van der Waals surface area contributed by atoms with Gasteiger partial charge in [0.2, 0.25) is 0 Å². The fraction of sp³-hybridized carbons (Fsp3) is 0.333. The van der Waals surface area contributed by atoms with Gasteiger partial charge in [-0.05, 0) is 29.8 Å². The molecule has 0 aromatic carbocycles. The predicted molar refractivity (Wildman–Crippen MR) is 54.4 cm³/mol. The minimum atomic E-state index is -0.0877. The molecule has 0 saturated heterocycles. The van der Waals surface area contributed by atoms with Crippen LogP contribution in [0, 0.1) is 18.8 Å². The highest BCUT2D eigenvalue weighted by Crippen LogP contribution is 2.00. The van der Waals surface area contributed by atoms with E-state index in [0.29, 0.717) is 16.8 Å². The molecular weight excluding hydrogens is 232 g/mol. The van der Waals surface area contributed by atoms with Crippen LogP contribution in [0.4, 0.5) is 0 Å². The quantitative estimate of drug-likeness (QED) is 0.695. The molecule has 0 bridgehead atoms. The van der Waals surface area contributed by atoms with Crippen LogP contribution in [0.5, 0.6) is 0 Å². The van der Waals surface area contributed by atoms with E-state index in [1.165, 1.54) is 10.8 Å². The summed E-state index contributed by atoms with van der Waals surface area (Å²) in [6, 6.07) is 0. The smallest absolute Gasteiger partial charge is 0.268 e. The summed E-state index contributed by atoms with van der Waals surface area (Å²) in [5.41, 5.74) is -0.0877. The SMILES string of the molecule is CC#CCn1c(C)ncc(Br)c1=O. The van der Waals surface area contributed by atoms with Crippen LogP contribution in [-0.4, -0.2) is 9.55 Å². The largest absolute Gasteiger partial charge is 0.284 e. The molecule has 0 spiro atoms. The van der Waals surface area contributed by atoms with Crippen LogP contribution in [0.25, 0.3) is 0 Å². The lowest BCUT2D eigenvalue weighted by Crippen LogP contribution is -2.23. The van der Waals surface area contributed by atoms with Crippen molar-refractivity contribution in [3.63, 3.8) is 0 Å². The molecule has 0 N–H and O–H groups in total. The van der Waals surface area contributed by atoms with Gasteiger partial charge >= 0.3 is 0 Å². The normalized spacial score (nSPS) is 9.15. The highest BCUT2D eigenvalue weighted by Gasteiger charge is 2.02. The third-order valence-corrected chi connectivity index (χ3v) is 2.16. The Morgan fingerprint density at radius 2 is 2.38 bits per heavy atom. The fourth-order valence-corrected chi connectivity index (χ4v) is 1.21. The molecule has 1 aromatic heterocycles.